The van der Waals surface area contributed by atoms with Gasteiger partial charge in [-0.3, -0.25) is 0 Å². The van der Waals surface area contributed by atoms with Gasteiger partial charge in [-0.05, 0) is 44.2 Å². The third kappa shape index (κ3) is 6.68. The Bertz CT molecular complexity index is 135. The van der Waals surface area contributed by atoms with E-state index in [2.05, 4.69) is 26.1 Å². The molecular weight excluding hydrogens is 194 g/mol. The number of likely N-dealkylation sites (N-methyl/N-ethyl adjacent to an activating group) is 1. The fourth-order valence-electron chi connectivity index (χ4n) is 1.17. The van der Waals surface area contributed by atoms with Gasteiger partial charge < -0.3 is 10.4 Å². The first-order chi connectivity index (χ1) is 6.54. The van der Waals surface area contributed by atoms with E-state index < -0.39 is 0 Å². The first-order valence-electron chi connectivity index (χ1n) is 5.41. The molecule has 86 valence electrons. The number of hydrogen-bond acceptors (Lipinski definition) is 3. The van der Waals surface area contributed by atoms with Crippen LogP contribution < -0.4 is 5.32 Å². The molecule has 0 aliphatic carbocycles. The van der Waals surface area contributed by atoms with Crippen molar-refractivity contribution in [1.29, 1.82) is 0 Å². The third-order valence-corrected chi connectivity index (χ3v) is 3.90. The Kier molecular flexibility index (Phi) is 7.69. The lowest BCUT2D eigenvalue weighted by atomic mass is 9.98. The monoisotopic (exact) mass is 219 g/mol. The molecule has 2 nitrogen and oxygen atoms in total. The molecule has 0 rings (SSSR count). The number of thioether (sulfide) groups is 1. The van der Waals surface area contributed by atoms with Crippen LogP contribution in [0.15, 0.2) is 0 Å². The lowest BCUT2D eigenvalue weighted by Crippen LogP contribution is -2.43. The van der Waals surface area contributed by atoms with Crippen molar-refractivity contribution in [3.8, 4) is 0 Å². The maximum atomic E-state index is 9.16. The predicted molar refractivity (Wildman–Crippen MR) is 65.9 cm³/mol. The highest BCUT2D eigenvalue weighted by Crippen LogP contribution is 2.15. The summed E-state index contributed by atoms with van der Waals surface area (Å²) >= 11 is 2.01. The number of nitrogens with one attached hydrogen (secondary N) is 1. The quantitative estimate of drug-likeness (QED) is 0.613. The largest absolute Gasteiger partial charge is 0.394 e. The summed E-state index contributed by atoms with van der Waals surface area (Å²) in [4.78, 5) is 0. The van der Waals surface area contributed by atoms with E-state index >= 15 is 0 Å². The van der Waals surface area contributed by atoms with E-state index in [1.165, 1.54) is 17.9 Å². The molecule has 0 spiro atoms. The topological polar surface area (TPSA) is 32.3 Å². The molecule has 0 aromatic rings. The summed E-state index contributed by atoms with van der Waals surface area (Å²) in [6, 6.07) is 0. The molecular formula is C11H25NOS. The Hall–Kier alpha value is 0.270. The van der Waals surface area contributed by atoms with Crippen molar-refractivity contribution < 1.29 is 5.11 Å². The Morgan fingerprint density at radius 3 is 2.50 bits per heavy atom. The second kappa shape index (κ2) is 7.55. The van der Waals surface area contributed by atoms with E-state index in [1.807, 2.05) is 18.8 Å². The van der Waals surface area contributed by atoms with E-state index in [0.29, 0.717) is 0 Å². The zero-order chi connectivity index (χ0) is 11.0. The average molecular weight is 219 g/mol. The van der Waals surface area contributed by atoms with Gasteiger partial charge in [0.2, 0.25) is 0 Å². The van der Waals surface area contributed by atoms with Crippen LogP contribution in [-0.4, -0.2) is 35.8 Å². The van der Waals surface area contributed by atoms with Gasteiger partial charge in [-0.15, -0.1) is 0 Å². The van der Waals surface area contributed by atoms with Crippen LogP contribution in [0.4, 0.5) is 0 Å². The summed E-state index contributed by atoms with van der Waals surface area (Å²) in [6.07, 6.45) is 2.22. The number of aliphatic hydroxyl groups excluding tert-OH is 1. The first-order valence-corrected chi connectivity index (χ1v) is 6.57. The lowest BCUT2D eigenvalue weighted by molar-refractivity contribution is 0.173. The zero-order valence-electron chi connectivity index (χ0n) is 9.97. The van der Waals surface area contributed by atoms with Crippen molar-refractivity contribution in [2.24, 2.45) is 5.92 Å². The number of aliphatic hydroxyl groups is 1. The number of hydrogen-bond donors (Lipinski definition) is 2. The standard InChI is InChI=1S/C11H25NOS/c1-10(2)8-14-7-5-6-11(3,9-13)12-4/h10,12-13H,5-9H2,1-4H3. The Balaban J connectivity index is 3.43. The molecule has 2 N–H and O–H groups in total. The van der Waals surface area contributed by atoms with Crippen molar-refractivity contribution in [3.05, 3.63) is 0 Å². The van der Waals surface area contributed by atoms with Crippen LogP contribution >= 0.6 is 11.8 Å². The van der Waals surface area contributed by atoms with Gasteiger partial charge >= 0.3 is 0 Å². The maximum Gasteiger partial charge on any atom is 0.0610 e. The van der Waals surface area contributed by atoms with Gasteiger partial charge in [-0.2, -0.15) is 11.8 Å². The van der Waals surface area contributed by atoms with E-state index in [1.54, 1.807) is 0 Å². The van der Waals surface area contributed by atoms with Gasteiger partial charge in [0.05, 0.1) is 6.61 Å². The van der Waals surface area contributed by atoms with Crippen molar-refractivity contribution in [2.75, 3.05) is 25.2 Å². The lowest BCUT2D eigenvalue weighted by Gasteiger charge is -2.26. The summed E-state index contributed by atoms with van der Waals surface area (Å²) in [5.41, 5.74) is -0.0849. The smallest absolute Gasteiger partial charge is 0.0610 e. The fraction of sp³-hybridized carbons (Fsp3) is 1.00. The van der Waals surface area contributed by atoms with Gasteiger partial charge in [-0.25, -0.2) is 0 Å². The van der Waals surface area contributed by atoms with Crippen molar-refractivity contribution in [2.45, 2.75) is 39.2 Å². The van der Waals surface area contributed by atoms with Crippen LogP contribution in [0.1, 0.15) is 33.6 Å². The molecule has 14 heavy (non-hydrogen) atoms. The van der Waals surface area contributed by atoms with Crippen molar-refractivity contribution in [1.82, 2.24) is 5.32 Å². The van der Waals surface area contributed by atoms with Gasteiger partial charge in [0.25, 0.3) is 0 Å². The summed E-state index contributed by atoms with van der Waals surface area (Å²) in [5.74, 6) is 3.23. The minimum Gasteiger partial charge on any atom is -0.394 e. The van der Waals surface area contributed by atoms with E-state index in [0.717, 1.165) is 12.3 Å². The SMILES string of the molecule is CNC(C)(CO)CCCSCC(C)C. The minimum absolute atomic E-state index is 0.0849. The molecule has 0 heterocycles. The molecule has 0 amide bonds. The van der Waals surface area contributed by atoms with Crippen molar-refractivity contribution in [3.63, 3.8) is 0 Å². The van der Waals surface area contributed by atoms with Crippen LogP contribution in [0.5, 0.6) is 0 Å². The Morgan fingerprint density at radius 2 is 2.07 bits per heavy atom. The van der Waals surface area contributed by atoms with Gasteiger partial charge in [0, 0.05) is 5.54 Å². The molecule has 1 unspecified atom stereocenters. The third-order valence-electron chi connectivity index (χ3n) is 2.42. The van der Waals surface area contributed by atoms with Crippen LogP contribution in [0.3, 0.4) is 0 Å². The predicted octanol–water partition coefficient (Wildman–Crippen LogP) is 2.13. The fourth-order valence-corrected chi connectivity index (χ4v) is 2.15. The minimum atomic E-state index is -0.0849. The average Bonchev–Trinajstić information content (AvgIpc) is 2.16. The molecule has 0 saturated heterocycles. The van der Waals surface area contributed by atoms with Crippen LogP contribution in [0.2, 0.25) is 0 Å². The Morgan fingerprint density at radius 1 is 1.43 bits per heavy atom. The van der Waals surface area contributed by atoms with Gasteiger partial charge in [0.1, 0.15) is 0 Å². The van der Waals surface area contributed by atoms with Gasteiger partial charge in [-0.1, -0.05) is 13.8 Å². The first kappa shape index (κ1) is 14.3. The van der Waals surface area contributed by atoms with E-state index in [-0.39, 0.29) is 12.1 Å². The molecule has 0 fully saturated rings. The summed E-state index contributed by atoms with van der Waals surface area (Å²) in [6.45, 7) is 6.79. The zero-order valence-corrected chi connectivity index (χ0v) is 10.8. The highest BCUT2D eigenvalue weighted by molar-refractivity contribution is 7.99. The normalized spacial score (nSPS) is 15.9. The van der Waals surface area contributed by atoms with Gasteiger partial charge in [0.15, 0.2) is 0 Å². The highest BCUT2D eigenvalue weighted by atomic mass is 32.2. The molecule has 3 heteroatoms. The summed E-state index contributed by atoms with van der Waals surface area (Å²) in [5, 5.41) is 12.3. The second-order valence-electron chi connectivity index (χ2n) is 4.54. The van der Waals surface area contributed by atoms with E-state index in [4.69, 9.17) is 5.11 Å². The van der Waals surface area contributed by atoms with Crippen molar-refractivity contribution >= 4 is 11.8 Å². The highest BCUT2D eigenvalue weighted by Gasteiger charge is 2.19. The van der Waals surface area contributed by atoms with E-state index in [9.17, 15) is 0 Å². The second-order valence-corrected chi connectivity index (χ2v) is 5.69. The maximum absolute atomic E-state index is 9.16. The molecule has 0 radical (unpaired) electrons. The van der Waals surface area contributed by atoms with Crippen LogP contribution in [0, 0.1) is 5.92 Å². The molecule has 0 aliphatic heterocycles. The summed E-state index contributed by atoms with van der Waals surface area (Å²) in [7, 11) is 1.91. The Labute approximate surface area is 92.9 Å². The molecule has 0 aliphatic rings. The number of rotatable bonds is 8. The van der Waals surface area contributed by atoms with Crippen LogP contribution in [-0.2, 0) is 0 Å². The molecule has 1 atom stereocenters. The molecule has 0 aromatic carbocycles. The molecule has 0 saturated carbocycles. The van der Waals surface area contributed by atoms with Crippen LogP contribution in [0.25, 0.3) is 0 Å². The summed E-state index contributed by atoms with van der Waals surface area (Å²) < 4.78 is 0. The molecule has 0 aromatic heterocycles. The molecule has 0 bridgehead atoms.